The molecule has 0 aliphatic heterocycles. The van der Waals surface area contributed by atoms with E-state index < -0.39 is 0 Å². The Kier molecular flexibility index (Phi) is 13.5. The van der Waals surface area contributed by atoms with Crippen LogP contribution in [0.2, 0.25) is 0 Å². The van der Waals surface area contributed by atoms with Gasteiger partial charge in [-0.25, -0.2) is 0 Å². The lowest BCUT2D eigenvalue weighted by Gasteiger charge is -2.28. The van der Waals surface area contributed by atoms with E-state index in [1.165, 1.54) is 82.3 Å². The van der Waals surface area contributed by atoms with Crippen molar-refractivity contribution in [2.75, 3.05) is 11.9 Å². The summed E-state index contributed by atoms with van der Waals surface area (Å²) in [6.07, 6.45) is 45.2. The quantitative estimate of drug-likeness (QED) is 0.162. The maximum Gasteiger partial charge on any atom is 0.0340 e. The van der Waals surface area contributed by atoms with Crippen molar-refractivity contribution in [3.05, 3.63) is 185 Å². The molecule has 0 radical (unpaired) electrons. The van der Waals surface area contributed by atoms with E-state index in [1.54, 1.807) is 0 Å². The van der Waals surface area contributed by atoms with E-state index in [9.17, 15) is 0 Å². The Hall–Kier alpha value is -4.62. The van der Waals surface area contributed by atoms with Crippen LogP contribution in [-0.2, 0) is 6.42 Å². The van der Waals surface area contributed by atoms with Crippen molar-refractivity contribution in [1.29, 1.82) is 0 Å². The summed E-state index contributed by atoms with van der Waals surface area (Å²) < 4.78 is 0. The third kappa shape index (κ3) is 10.7. The molecule has 1 heteroatoms. The number of benzene rings is 2. The first-order chi connectivity index (χ1) is 23.6. The fourth-order valence-corrected chi connectivity index (χ4v) is 6.39. The smallest absolute Gasteiger partial charge is 0.0340 e. The molecular weight excluding hydrogens is 579 g/mol. The molecular formula is C47H53N. The van der Waals surface area contributed by atoms with Crippen LogP contribution in [0.4, 0.5) is 5.69 Å². The standard InChI is InChI=1S/C47H53N/c1-4-6-15-41-34-37(3)45(35-40-16-11-17-40)20-12-21-46(36-41)43(22-13-33-48-47-31-26-38(14-5-2)27-32-47)28-23-39-24-29-44(30-25-39)42-18-9-7-8-10-19-42/h4,6-7,9-10,12,15,18-32,34,36-37,40,48H,1,5,8,11,13-14,16-17,33,35H2,2-3H3/b15-6-,21-12+,28-23-,41-34-,43-22+,45-20+,46-36?. The van der Waals surface area contributed by atoms with Gasteiger partial charge in [0.2, 0.25) is 0 Å². The highest BCUT2D eigenvalue weighted by atomic mass is 14.9. The third-order valence-electron chi connectivity index (χ3n) is 9.45. The molecule has 0 aromatic heterocycles. The molecule has 0 spiro atoms. The minimum absolute atomic E-state index is 0.388. The molecule has 3 aliphatic rings. The lowest BCUT2D eigenvalue weighted by atomic mass is 9.78. The summed E-state index contributed by atoms with van der Waals surface area (Å²) in [5.74, 6) is 1.23. The third-order valence-corrected chi connectivity index (χ3v) is 9.45. The van der Waals surface area contributed by atoms with Crippen molar-refractivity contribution < 1.29 is 0 Å². The molecule has 1 N–H and O–H groups in total. The van der Waals surface area contributed by atoms with E-state index in [-0.39, 0.29) is 0 Å². The average Bonchev–Trinajstić information content (AvgIpc) is 3.34. The van der Waals surface area contributed by atoms with Gasteiger partial charge in [-0.1, -0.05) is 179 Å². The zero-order valence-corrected chi connectivity index (χ0v) is 29.1. The number of hydrogen-bond acceptors (Lipinski definition) is 1. The van der Waals surface area contributed by atoms with Gasteiger partial charge in [-0.3, -0.25) is 0 Å². The van der Waals surface area contributed by atoms with Crippen molar-refractivity contribution in [2.24, 2.45) is 11.8 Å². The Morgan fingerprint density at radius 1 is 0.938 bits per heavy atom. The van der Waals surface area contributed by atoms with Crippen molar-refractivity contribution in [3.63, 3.8) is 0 Å². The molecule has 3 aliphatic carbocycles. The molecule has 2 aromatic rings. The summed E-state index contributed by atoms with van der Waals surface area (Å²) in [4.78, 5) is 0. The predicted molar refractivity (Wildman–Crippen MR) is 212 cm³/mol. The largest absolute Gasteiger partial charge is 0.385 e. The van der Waals surface area contributed by atoms with Crippen LogP contribution in [0.5, 0.6) is 0 Å². The second-order valence-corrected chi connectivity index (χ2v) is 13.2. The SMILES string of the molecule is C=C/C=C\C1=C\C(C)/C(CC2CCC2)=C/C=C/C(C(/C=C\c2ccc(C3=CC=CCC=C3)cc2)=C/CCNc2ccc(CCC)cc2)=C1. The second-order valence-electron chi connectivity index (χ2n) is 13.2. The molecule has 1 atom stereocenters. The first kappa shape index (κ1) is 34.7. The molecule has 0 amide bonds. The van der Waals surface area contributed by atoms with E-state index in [0.717, 1.165) is 31.7 Å². The normalized spacial score (nSPS) is 21.5. The fraction of sp³-hybridized carbons (Fsp3) is 0.277. The average molecular weight is 632 g/mol. The van der Waals surface area contributed by atoms with Crippen LogP contribution in [0.15, 0.2) is 169 Å². The van der Waals surface area contributed by atoms with Gasteiger partial charge in [0.25, 0.3) is 0 Å². The Bertz CT molecular complexity index is 1670. The molecule has 1 nitrogen and oxygen atoms in total. The van der Waals surface area contributed by atoms with Crippen molar-refractivity contribution in [2.45, 2.75) is 65.2 Å². The van der Waals surface area contributed by atoms with Crippen LogP contribution < -0.4 is 5.32 Å². The van der Waals surface area contributed by atoms with E-state index in [4.69, 9.17) is 0 Å². The van der Waals surface area contributed by atoms with Crippen LogP contribution in [0.3, 0.4) is 0 Å². The highest BCUT2D eigenvalue weighted by molar-refractivity contribution is 5.76. The van der Waals surface area contributed by atoms with E-state index in [2.05, 4.69) is 165 Å². The minimum atomic E-state index is 0.388. The van der Waals surface area contributed by atoms with E-state index in [0.29, 0.717) is 5.92 Å². The van der Waals surface area contributed by atoms with Gasteiger partial charge in [0.05, 0.1) is 0 Å². The minimum Gasteiger partial charge on any atom is -0.385 e. The van der Waals surface area contributed by atoms with Gasteiger partial charge in [-0.2, -0.15) is 0 Å². The molecule has 5 rings (SSSR count). The lowest BCUT2D eigenvalue weighted by molar-refractivity contribution is 0.309. The Labute approximate surface area is 290 Å². The molecule has 1 unspecified atom stereocenters. The van der Waals surface area contributed by atoms with Crippen LogP contribution in [0.25, 0.3) is 11.6 Å². The Morgan fingerprint density at radius 2 is 1.77 bits per heavy atom. The summed E-state index contributed by atoms with van der Waals surface area (Å²) >= 11 is 0. The lowest BCUT2D eigenvalue weighted by Crippen LogP contribution is -2.13. The van der Waals surface area contributed by atoms with Gasteiger partial charge < -0.3 is 5.32 Å². The van der Waals surface area contributed by atoms with Crippen molar-refractivity contribution in [1.82, 2.24) is 0 Å². The maximum absolute atomic E-state index is 3.94. The van der Waals surface area contributed by atoms with Gasteiger partial charge in [-0.05, 0) is 94.7 Å². The van der Waals surface area contributed by atoms with Crippen molar-refractivity contribution in [3.8, 4) is 0 Å². The van der Waals surface area contributed by atoms with Gasteiger partial charge in [-0.15, -0.1) is 0 Å². The molecule has 2 aromatic carbocycles. The van der Waals surface area contributed by atoms with E-state index in [1.807, 2.05) is 6.08 Å². The van der Waals surface area contributed by atoms with Crippen LogP contribution in [-0.4, -0.2) is 6.54 Å². The van der Waals surface area contributed by atoms with Gasteiger partial charge >= 0.3 is 0 Å². The van der Waals surface area contributed by atoms with Crippen LogP contribution in [0.1, 0.15) is 75.5 Å². The van der Waals surface area contributed by atoms with Gasteiger partial charge in [0, 0.05) is 12.2 Å². The first-order valence-electron chi connectivity index (χ1n) is 18.1. The number of allylic oxidation sites excluding steroid dienone is 19. The zero-order valence-electron chi connectivity index (χ0n) is 29.1. The van der Waals surface area contributed by atoms with E-state index >= 15 is 0 Å². The Morgan fingerprint density at radius 3 is 2.52 bits per heavy atom. The zero-order chi connectivity index (χ0) is 33.4. The number of anilines is 1. The topological polar surface area (TPSA) is 12.0 Å². The summed E-state index contributed by atoms with van der Waals surface area (Å²) in [6, 6.07) is 17.8. The van der Waals surface area contributed by atoms with Gasteiger partial charge in [0.1, 0.15) is 0 Å². The Balaban J connectivity index is 1.42. The molecule has 246 valence electrons. The first-order valence-corrected chi connectivity index (χ1v) is 18.1. The van der Waals surface area contributed by atoms with Gasteiger partial charge in [0.15, 0.2) is 0 Å². The molecule has 48 heavy (non-hydrogen) atoms. The highest BCUT2D eigenvalue weighted by Gasteiger charge is 2.20. The second kappa shape index (κ2) is 18.6. The molecule has 0 saturated heterocycles. The summed E-state index contributed by atoms with van der Waals surface area (Å²) in [5.41, 5.74) is 11.4. The van der Waals surface area contributed by atoms with Crippen LogP contribution in [0, 0.1) is 11.8 Å². The summed E-state index contributed by atoms with van der Waals surface area (Å²) in [6.45, 7) is 9.39. The predicted octanol–water partition coefficient (Wildman–Crippen LogP) is 12.9. The molecule has 1 saturated carbocycles. The number of nitrogens with one attached hydrogen (secondary N) is 1. The monoisotopic (exact) mass is 631 g/mol. The van der Waals surface area contributed by atoms with Crippen molar-refractivity contribution >= 4 is 17.3 Å². The maximum atomic E-state index is 3.94. The number of hydrogen-bond donors (Lipinski definition) is 1. The highest BCUT2D eigenvalue weighted by Crippen LogP contribution is 2.35. The number of aryl methyl sites for hydroxylation is 1. The molecule has 0 bridgehead atoms. The fourth-order valence-electron chi connectivity index (χ4n) is 6.39. The molecule has 0 heterocycles. The molecule has 1 fully saturated rings. The summed E-state index contributed by atoms with van der Waals surface area (Å²) in [7, 11) is 0. The number of rotatable bonds is 14. The summed E-state index contributed by atoms with van der Waals surface area (Å²) in [5, 5.41) is 3.63. The van der Waals surface area contributed by atoms with Crippen LogP contribution >= 0.6 is 0 Å².